The largest absolute Gasteiger partial charge is 0.275 e. The molecule has 0 N–H and O–H groups in total. The number of nitrogens with zero attached hydrogens (tertiary/aromatic N) is 1. The molecule has 0 saturated carbocycles. The first kappa shape index (κ1) is 10.1. The average Bonchev–Trinajstić information content (AvgIpc) is 2.42. The van der Waals surface area contributed by atoms with Crippen molar-refractivity contribution in [1.29, 1.82) is 0 Å². The van der Waals surface area contributed by atoms with Crippen LogP contribution in [0.3, 0.4) is 0 Å². The van der Waals surface area contributed by atoms with Crippen LogP contribution in [0.4, 0.5) is 0 Å². The van der Waals surface area contributed by atoms with Crippen molar-refractivity contribution in [2.45, 2.75) is 6.42 Å². The third-order valence-corrected chi connectivity index (χ3v) is 2.42. The van der Waals surface area contributed by atoms with Gasteiger partial charge in [0.15, 0.2) is 0 Å². The lowest BCUT2D eigenvalue weighted by molar-refractivity contribution is -0.136. The Kier molecular flexibility index (Phi) is 3.76. The van der Waals surface area contributed by atoms with Crippen LogP contribution in [-0.4, -0.2) is 29.0 Å². The summed E-state index contributed by atoms with van der Waals surface area (Å²) in [4.78, 5) is 23.3. The highest BCUT2D eigenvalue weighted by molar-refractivity contribution is 8.02. The summed E-state index contributed by atoms with van der Waals surface area (Å²) >= 11 is 1.59. The molecule has 0 aromatic rings. The molecule has 0 unspecified atom stereocenters. The number of hydrogen-bond donors (Lipinski definition) is 0. The Morgan fingerprint density at radius 1 is 1.38 bits per heavy atom. The van der Waals surface area contributed by atoms with Crippen LogP contribution >= 0.6 is 11.8 Å². The molecule has 13 heavy (non-hydrogen) atoms. The van der Waals surface area contributed by atoms with Gasteiger partial charge in [0.25, 0.3) is 11.8 Å². The quantitative estimate of drug-likeness (QED) is 0.490. The van der Waals surface area contributed by atoms with Crippen molar-refractivity contribution < 1.29 is 9.59 Å². The first-order chi connectivity index (χ1) is 6.25. The predicted octanol–water partition coefficient (Wildman–Crippen LogP) is 1.18. The SMILES string of the molecule is C=CSCCCN1C(=O)C=CC1=O. The van der Waals surface area contributed by atoms with Gasteiger partial charge in [0.2, 0.25) is 0 Å². The standard InChI is InChI=1S/C9H11NO2S/c1-2-13-7-3-6-10-8(11)4-5-9(10)12/h2,4-5H,1,3,6-7H2. The zero-order valence-electron chi connectivity index (χ0n) is 7.23. The van der Waals surface area contributed by atoms with Gasteiger partial charge in [0.1, 0.15) is 0 Å². The molecule has 0 radical (unpaired) electrons. The van der Waals surface area contributed by atoms with E-state index >= 15 is 0 Å². The van der Waals surface area contributed by atoms with E-state index in [0.29, 0.717) is 6.54 Å². The number of rotatable bonds is 5. The molecule has 1 aliphatic rings. The Hall–Kier alpha value is -1.03. The minimum Gasteiger partial charge on any atom is -0.275 e. The Labute approximate surface area is 81.5 Å². The molecule has 1 aliphatic heterocycles. The summed E-state index contributed by atoms with van der Waals surface area (Å²) in [5, 5.41) is 1.76. The average molecular weight is 197 g/mol. The highest BCUT2D eigenvalue weighted by Gasteiger charge is 2.21. The van der Waals surface area contributed by atoms with Gasteiger partial charge in [-0.1, -0.05) is 6.58 Å². The van der Waals surface area contributed by atoms with Crippen molar-refractivity contribution in [3.05, 3.63) is 24.1 Å². The van der Waals surface area contributed by atoms with Crippen molar-refractivity contribution in [1.82, 2.24) is 4.90 Å². The van der Waals surface area contributed by atoms with Crippen LogP contribution in [0.15, 0.2) is 24.1 Å². The molecule has 4 heteroatoms. The molecule has 0 aromatic carbocycles. The highest BCUT2D eigenvalue weighted by Crippen LogP contribution is 2.07. The van der Waals surface area contributed by atoms with E-state index in [4.69, 9.17) is 0 Å². The van der Waals surface area contributed by atoms with Crippen LogP contribution in [0.2, 0.25) is 0 Å². The van der Waals surface area contributed by atoms with Crippen LogP contribution < -0.4 is 0 Å². The second-order valence-electron chi connectivity index (χ2n) is 2.55. The Morgan fingerprint density at radius 3 is 2.54 bits per heavy atom. The van der Waals surface area contributed by atoms with Gasteiger partial charge in [-0.2, -0.15) is 0 Å². The summed E-state index contributed by atoms with van der Waals surface area (Å²) in [6, 6.07) is 0. The third kappa shape index (κ3) is 2.73. The number of amides is 2. The maximum atomic E-state index is 11.0. The minimum absolute atomic E-state index is 0.200. The van der Waals surface area contributed by atoms with Gasteiger partial charge in [-0.3, -0.25) is 14.5 Å². The molecule has 1 heterocycles. The monoisotopic (exact) mass is 197 g/mol. The zero-order chi connectivity index (χ0) is 9.68. The van der Waals surface area contributed by atoms with Crippen LogP contribution in [0.1, 0.15) is 6.42 Å². The van der Waals surface area contributed by atoms with E-state index in [-0.39, 0.29) is 11.8 Å². The van der Waals surface area contributed by atoms with E-state index in [1.165, 1.54) is 17.1 Å². The molecular formula is C9H11NO2S. The first-order valence-corrected chi connectivity index (χ1v) is 5.06. The molecule has 0 atom stereocenters. The van der Waals surface area contributed by atoms with Crippen molar-refractivity contribution in [3.8, 4) is 0 Å². The van der Waals surface area contributed by atoms with Crippen LogP contribution in [0, 0.1) is 0 Å². The molecule has 0 aliphatic carbocycles. The molecule has 1 rings (SSSR count). The van der Waals surface area contributed by atoms with Gasteiger partial charge >= 0.3 is 0 Å². The number of carbonyl (C=O) groups is 2. The molecule has 3 nitrogen and oxygen atoms in total. The van der Waals surface area contributed by atoms with E-state index in [2.05, 4.69) is 6.58 Å². The maximum absolute atomic E-state index is 11.0. The smallest absolute Gasteiger partial charge is 0.253 e. The summed E-state index contributed by atoms with van der Waals surface area (Å²) < 4.78 is 0. The number of thioether (sulfide) groups is 1. The van der Waals surface area contributed by atoms with E-state index in [9.17, 15) is 9.59 Å². The fourth-order valence-electron chi connectivity index (χ4n) is 1.04. The fourth-order valence-corrected chi connectivity index (χ4v) is 1.50. The van der Waals surface area contributed by atoms with E-state index in [0.717, 1.165) is 12.2 Å². The summed E-state index contributed by atoms with van der Waals surface area (Å²) in [7, 11) is 0. The summed E-state index contributed by atoms with van der Waals surface area (Å²) in [5.74, 6) is 0.489. The first-order valence-electron chi connectivity index (χ1n) is 4.01. The molecule has 0 saturated heterocycles. The number of hydrogen-bond acceptors (Lipinski definition) is 3. The van der Waals surface area contributed by atoms with Gasteiger partial charge in [-0.05, 0) is 17.6 Å². The number of imide groups is 1. The molecular weight excluding hydrogens is 186 g/mol. The molecule has 0 aromatic heterocycles. The summed E-state index contributed by atoms with van der Waals surface area (Å²) in [5.41, 5.74) is 0. The van der Waals surface area contributed by atoms with Crippen molar-refractivity contribution in [2.75, 3.05) is 12.3 Å². The van der Waals surface area contributed by atoms with Gasteiger partial charge in [-0.15, -0.1) is 11.8 Å². The van der Waals surface area contributed by atoms with Crippen molar-refractivity contribution in [2.24, 2.45) is 0 Å². The van der Waals surface area contributed by atoms with E-state index < -0.39 is 0 Å². The van der Waals surface area contributed by atoms with Crippen LogP contribution in [0.25, 0.3) is 0 Å². The van der Waals surface area contributed by atoms with E-state index in [1.807, 2.05) is 0 Å². The molecule has 70 valence electrons. The lowest BCUT2D eigenvalue weighted by Crippen LogP contribution is -2.31. The highest BCUT2D eigenvalue weighted by atomic mass is 32.2. The number of carbonyl (C=O) groups excluding carboxylic acids is 2. The summed E-state index contributed by atoms with van der Waals surface area (Å²) in [6.07, 6.45) is 3.43. The normalized spacial score (nSPS) is 15.5. The zero-order valence-corrected chi connectivity index (χ0v) is 8.05. The Bertz CT molecular complexity index is 242. The van der Waals surface area contributed by atoms with E-state index in [1.54, 1.807) is 17.2 Å². The second-order valence-corrected chi connectivity index (χ2v) is 3.63. The topological polar surface area (TPSA) is 37.4 Å². The Balaban J connectivity index is 2.25. The van der Waals surface area contributed by atoms with Gasteiger partial charge in [-0.25, -0.2) is 0 Å². The second kappa shape index (κ2) is 4.87. The van der Waals surface area contributed by atoms with Gasteiger partial charge in [0, 0.05) is 18.7 Å². The molecule has 0 bridgehead atoms. The fraction of sp³-hybridized carbons (Fsp3) is 0.333. The third-order valence-electron chi connectivity index (χ3n) is 1.66. The lowest BCUT2D eigenvalue weighted by atomic mass is 10.4. The molecule has 0 fully saturated rings. The minimum atomic E-state index is -0.200. The maximum Gasteiger partial charge on any atom is 0.253 e. The Morgan fingerprint density at radius 2 is 2.00 bits per heavy atom. The summed E-state index contributed by atoms with van der Waals surface area (Å²) in [6.45, 7) is 4.07. The van der Waals surface area contributed by atoms with Gasteiger partial charge < -0.3 is 0 Å². The van der Waals surface area contributed by atoms with Gasteiger partial charge in [0.05, 0.1) is 0 Å². The van der Waals surface area contributed by atoms with Crippen LogP contribution in [-0.2, 0) is 9.59 Å². The van der Waals surface area contributed by atoms with Crippen molar-refractivity contribution in [3.63, 3.8) is 0 Å². The molecule has 2 amide bonds. The lowest BCUT2D eigenvalue weighted by Gasteiger charge is -2.12. The predicted molar refractivity (Wildman–Crippen MR) is 53.1 cm³/mol. The van der Waals surface area contributed by atoms with Crippen molar-refractivity contribution >= 4 is 23.6 Å². The van der Waals surface area contributed by atoms with Crippen LogP contribution in [0.5, 0.6) is 0 Å². The molecule has 0 spiro atoms.